The van der Waals surface area contributed by atoms with Crippen LogP contribution in [0.5, 0.6) is 0 Å². The Bertz CT molecular complexity index is 717. The number of nitrogens with zero attached hydrogens (tertiary/aromatic N) is 1. The van der Waals surface area contributed by atoms with E-state index >= 15 is 0 Å². The smallest absolute Gasteiger partial charge is 0.267 e. The van der Waals surface area contributed by atoms with Gasteiger partial charge in [-0.15, -0.1) is 0 Å². The highest BCUT2D eigenvalue weighted by Gasteiger charge is 2.07. The second-order valence-electron chi connectivity index (χ2n) is 4.28. The van der Waals surface area contributed by atoms with Gasteiger partial charge in [0.05, 0.1) is 5.71 Å². The van der Waals surface area contributed by atoms with E-state index in [2.05, 4.69) is 10.5 Å². The normalized spacial score (nSPS) is 11.3. The fourth-order valence-electron chi connectivity index (χ4n) is 1.61. The summed E-state index contributed by atoms with van der Waals surface area (Å²) in [7, 11) is 0. The Kier molecular flexibility index (Phi) is 4.65. The average molecular weight is 309 g/mol. The molecule has 2 rings (SSSR count). The predicted molar refractivity (Wildman–Crippen MR) is 77.5 cm³/mol. The zero-order chi connectivity index (χ0) is 15.4. The first-order chi connectivity index (χ1) is 9.97. The van der Waals surface area contributed by atoms with Gasteiger partial charge in [-0.3, -0.25) is 4.79 Å². The maximum Gasteiger partial charge on any atom is 0.271 e. The number of hydrogen-bond acceptors (Lipinski definition) is 2. The maximum atomic E-state index is 13.1. The van der Waals surface area contributed by atoms with E-state index in [0.29, 0.717) is 21.9 Å². The van der Waals surface area contributed by atoms with Crippen LogP contribution in [0.3, 0.4) is 0 Å². The first-order valence-corrected chi connectivity index (χ1v) is 6.41. The van der Waals surface area contributed by atoms with Crippen LogP contribution >= 0.6 is 11.6 Å². The van der Waals surface area contributed by atoms with E-state index in [9.17, 15) is 13.6 Å². The number of rotatable bonds is 3. The molecule has 2 aromatic carbocycles. The van der Waals surface area contributed by atoms with Crippen molar-refractivity contribution in [1.29, 1.82) is 0 Å². The van der Waals surface area contributed by atoms with E-state index in [1.165, 1.54) is 12.1 Å². The largest absolute Gasteiger partial charge is 0.271 e. The fourth-order valence-corrected chi connectivity index (χ4v) is 1.80. The molecular weight excluding hydrogens is 298 g/mol. The summed E-state index contributed by atoms with van der Waals surface area (Å²) in [5.41, 5.74) is 3.41. The molecule has 0 bridgehead atoms. The van der Waals surface area contributed by atoms with Crippen LogP contribution in [0.1, 0.15) is 22.8 Å². The van der Waals surface area contributed by atoms with Crippen LogP contribution in [-0.2, 0) is 0 Å². The zero-order valence-electron chi connectivity index (χ0n) is 11.0. The lowest BCUT2D eigenvalue weighted by Crippen LogP contribution is -2.19. The van der Waals surface area contributed by atoms with Gasteiger partial charge in [-0.2, -0.15) is 5.10 Å². The van der Waals surface area contributed by atoms with Crippen LogP contribution in [0, 0.1) is 11.6 Å². The molecule has 0 aliphatic carbocycles. The van der Waals surface area contributed by atoms with Crippen molar-refractivity contribution in [2.24, 2.45) is 5.10 Å². The van der Waals surface area contributed by atoms with Crippen molar-refractivity contribution < 1.29 is 13.6 Å². The Morgan fingerprint density at radius 1 is 1.10 bits per heavy atom. The number of carbonyl (C=O) groups is 1. The molecule has 0 aromatic heterocycles. The van der Waals surface area contributed by atoms with Gasteiger partial charge in [0, 0.05) is 16.1 Å². The van der Waals surface area contributed by atoms with Crippen molar-refractivity contribution in [1.82, 2.24) is 5.43 Å². The summed E-state index contributed by atoms with van der Waals surface area (Å²) in [5, 5.41) is 4.29. The number of nitrogens with one attached hydrogen (secondary N) is 1. The highest BCUT2D eigenvalue weighted by molar-refractivity contribution is 6.30. The minimum absolute atomic E-state index is 0.351. The summed E-state index contributed by atoms with van der Waals surface area (Å²) in [6.07, 6.45) is 0. The highest BCUT2D eigenvalue weighted by Crippen LogP contribution is 2.11. The molecule has 6 heteroatoms. The van der Waals surface area contributed by atoms with Crippen molar-refractivity contribution in [3.63, 3.8) is 0 Å². The Balaban J connectivity index is 2.13. The molecule has 2 aromatic rings. The monoisotopic (exact) mass is 308 g/mol. The van der Waals surface area contributed by atoms with Crippen LogP contribution in [0.25, 0.3) is 0 Å². The standard InChI is InChI=1S/C15H11ClF2N2O/c1-9(10-5-6-13(17)14(18)8-10)19-20-15(21)11-3-2-4-12(16)7-11/h2-8H,1H3,(H,20,21)/b19-9-. The Labute approximate surface area is 125 Å². The van der Waals surface area contributed by atoms with Crippen LogP contribution < -0.4 is 5.43 Å². The molecule has 0 radical (unpaired) electrons. The molecule has 21 heavy (non-hydrogen) atoms. The van der Waals surface area contributed by atoms with E-state index in [-0.39, 0.29) is 0 Å². The van der Waals surface area contributed by atoms with E-state index in [1.54, 1.807) is 25.1 Å². The van der Waals surface area contributed by atoms with Crippen molar-refractivity contribution in [2.75, 3.05) is 0 Å². The molecule has 0 unspecified atom stereocenters. The summed E-state index contributed by atoms with van der Waals surface area (Å²) in [6.45, 7) is 1.57. The predicted octanol–water partition coefficient (Wildman–Crippen LogP) is 3.77. The number of benzene rings is 2. The SMILES string of the molecule is C/C(=N/NC(=O)c1cccc(Cl)c1)c1ccc(F)c(F)c1. The molecule has 108 valence electrons. The van der Waals surface area contributed by atoms with Crippen LogP contribution in [0.4, 0.5) is 8.78 Å². The summed E-state index contributed by atoms with van der Waals surface area (Å²) in [6, 6.07) is 9.77. The lowest BCUT2D eigenvalue weighted by molar-refractivity contribution is 0.0955. The van der Waals surface area contributed by atoms with Gasteiger partial charge in [0.2, 0.25) is 0 Å². The second kappa shape index (κ2) is 6.45. The van der Waals surface area contributed by atoms with Crippen molar-refractivity contribution >= 4 is 23.2 Å². The molecule has 0 saturated carbocycles. The van der Waals surface area contributed by atoms with Crippen molar-refractivity contribution in [3.8, 4) is 0 Å². The van der Waals surface area contributed by atoms with Crippen LogP contribution in [0.2, 0.25) is 5.02 Å². The molecule has 0 spiro atoms. The molecule has 0 atom stereocenters. The quantitative estimate of drug-likeness (QED) is 0.680. The Hall–Kier alpha value is -2.27. The third-order valence-corrected chi connectivity index (χ3v) is 2.98. The number of hydrogen-bond donors (Lipinski definition) is 1. The van der Waals surface area contributed by atoms with E-state index in [0.717, 1.165) is 12.1 Å². The van der Waals surface area contributed by atoms with Crippen LogP contribution in [-0.4, -0.2) is 11.6 Å². The van der Waals surface area contributed by atoms with Crippen molar-refractivity contribution in [3.05, 3.63) is 70.2 Å². The third kappa shape index (κ3) is 3.86. The number of halogens is 3. The third-order valence-electron chi connectivity index (χ3n) is 2.75. The molecule has 3 nitrogen and oxygen atoms in total. The van der Waals surface area contributed by atoms with Gasteiger partial charge in [0.1, 0.15) is 0 Å². The molecule has 1 N–H and O–H groups in total. The van der Waals surface area contributed by atoms with Crippen LogP contribution in [0.15, 0.2) is 47.6 Å². The Morgan fingerprint density at radius 2 is 1.86 bits per heavy atom. The molecule has 0 aliphatic heterocycles. The summed E-state index contributed by atoms with van der Waals surface area (Å²) in [5.74, 6) is -2.35. The number of hydrazone groups is 1. The topological polar surface area (TPSA) is 41.5 Å². The van der Waals surface area contributed by atoms with Gasteiger partial charge < -0.3 is 0 Å². The Morgan fingerprint density at radius 3 is 2.52 bits per heavy atom. The molecule has 1 amide bonds. The van der Waals surface area contributed by atoms with Gasteiger partial charge in [-0.25, -0.2) is 14.2 Å². The minimum Gasteiger partial charge on any atom is -0.267 e. The highest BCUT2D eigenvalue weighted by atomic mass is 35.5. The fraction of sp³-hybridized carbons (Fsp3) is 0.0667. The van der Waals surface area contributed by atoms with E-state index in [1.807, 2.05) is 0 Å². The lowest BCUT2D eigenvalue weighted by Gasteiger charge is -2.04. The van der Waals surface area contributed by atoms with Gasteiger partial charge in [-0.1, -0.05) is 17.7 Å². The zero-order valence-corrected chi connectivity index (χ0v) is 11.8. The maximum absolute atomic E-state index is 13.1. The average Bonchev–Trinajstić information content (AvgIpc) is 2.47. The lowest BCUT2D eigenvalue weighted by atomic mass is 10.1. The van der Waals surface area contributed by atoms with Gasteiger partial charge in [0.25, 0.3) is 5.91 Å². The second-order valence-corrected chi connectivity index (χ2v) is 4.71. The molecular formula is C15H11ClF2N2O. The summed E-state index contributed by atoms with van der Waals surface area (Å²) >= 11 is 5.79. The molecule has 0 heterocycles. The first kappa shape index (κ1) is 15.1. The first-order valence-electron chi connectivity index (χ1n) is 6.03. The van der Waals surface area contributed by atoms with Gasteiger partial charge in [0.15, 0.2) is 11.6 Å². The molecule has 0 aliphatic rings. The van der Waals surface area contributed by atoms with E-state index in [4.69, 9.17) is 11.6 Å². The minimum atomic E-state index is -0.969. The van der Waals surface area contributed by atoms with Crippen molar-refractivity contribution in [2.45, 2.75) is 6.92 Å². The van der Waals surface area contributed by atoms with Gasteiger partial charge >= 0.3 is 0 Å². The molecule has 0 saturated heterocycles. The summed E-state index contributed by atoms with van der Waals surface area (Å²) < 4.78 is 26.0. The van der Waals surface area contributed by atoms with E-state index < -0.39 is 17.5 Å². The molecule has 0 fully saturated rings. The summed E-state index contributed by atoms with van der Waals surface area (Å²) in [4.78, 5) is 11.8. The van der Waals surface area contributed by atoms with Gasteiger partial charge in [-0.05, 0) is 43.3 Å². The number of amides is 1. The number of carbonyl (C=O) groups excluding carboxylic acids is 1.